The molecule has 6 nitrogen and oxygen atoms in total. The first kappa shape index (κ1) is 19.7. The van der Waals surface area contributed by atoms with Gasteiger partial charge in [-0.05, 0) is 49.7 Å². The quantitative estimate of drug-likeness (QED) is 0.493. The highest BCUT2D eigenvalue weighted by Gasteiger charge is 2.49. The summed E-state index contributed by atoms with van der Waals surface area (Å²) < 4.78 is 8.12. The number of hydrogen-bond donors (Lipinski definition) is 1. The molecule has 2 saturated heterocycles. The Morgan fingerprint density at radius 3 is 2.87 bits per heavy atom. The van der Waals surface area contributed by atoms with Crippen LogP contribution in [0.15, 0.2) is 36.8 Å². The Morgan fingerprint density at radius 2 is 2.13 bits per heavy atom. The third kappa shape index (κ3) is 3.07. The van der Waals surface area contributed by atoms with Crippen LogP contribution in [0, 0.1) is 12.3 Å². The van der Waals surface area contributed by atoms with E-state index in [2.05, 4.69) is 34.2 Å². The summed E-state index contributed by atoms with van der Waals surface area (Å²) >= 11 is 6.24. The Hall–Kier alpha value is -2.22. The Labute approximate surface area is 183 Å². The molecule has 2 fully saturated rings. The zero-order valence-corrected chi connectivity index (χ0v) is 19.2. The Morgan fingerprint density at radius 1 is 1.33 bits per heavy atom. The molecular weight excluding hydrogens is 414 g/mol. The van der Waals surface area contributed by atoms with Crippen LogP contribution in [0.25, 0.3) is 16.8 Å². The SMILES string of the molecule is Cc1nc(N2CCC3(CC2)CO[C@@H](C)[Si@H]3C=N)c2cncn2c1-c1cccc(Cl)c1. The van der Waals surface area contributed by atoms with Crippen LogP contribution in [0.3, 0.4) is 0 Å². The second-order valence-corrected chi connectivity index (χ2v) is 12.6. The third-order valence-corrected chi connectivity index (χ3v) is 10.9. The van der Waals surface area contributed by atoms with Crippen LogP contribution in [0.4, 0.5) is 5.82 Å². The minimum Gasteiger partial charge on any atom is -0.381 e. The Balaban J connectivity index is 1.49. The lowest BCUT2D eigenvalue weighted by atomic mass is 9.96. The number of piperidine rings is 1. The number of anilines is 1. The number of halogens is 1. The molecule has 1 N–H and O–H groups in total. The average Bonchev–Trinajstić information content (AvgIpc) is 3.33. The number of rotatable bonds is 3. The van der Waals surface area contributed by atoms with Gasteiger partial charge in [-0.15, -0.1) is 0 Å². The number of aryl methyl sites for hydroxylation is 1. The molecule has 4 heterocycles. The molecule has 0 aliphatic carbocycles. The topological polar surface area (TPSA) is 66.5 Å². The highest BCUT2D eigenvalue weighted by molar-refractivity contribution is 6.88. The van der Waals surface area contributed by atoms with Crippen LogP contribution in [0.1, 0.15) is 25.5 Å². The first-order chi connectivity index (χ1) is 14.5. The molecule has 0 bridgehead atoms. The van der Waals surface area contributed by atoms with E-state index in [0.717, 1.165) is 60.8 Å². The fraction of sp³-hybridized carbons (Fsp3) is 0.409. The van der Waals surface area contributed by atoms with Gasteiger partial charge in [0, 0.05) is 29.4 Å². The van der Waals surface area contributed by atoms with Gasteiger partial charge in [0.1, 0.15) is 14.3 Å². The van der Waals surface area contributed by atoms with Gasteiger partial charge in [0.25, 0.3) is 0 Å². The number of hydrogen-bond acceptors (Lipinski definition) is 5. The second-order valence-electron chi connectivity index (χ2n) is 8.59. The van der Waals surface area contributed by atoms with E-state index < -0.39 is 8.80 Å². The van der Waals surface area contributed by atoms with Crippen LogP contribution in [0.2, 0.25) is 10.1 Å². The minimum atomic E-state index is -1.35. The average molecular weight is 440 g/mol. The van der Waals surface area contributed by atoms with Crippen molar-refractivity contribution in [3.05, 3.63) is 47.5 Å². The van der Waals surface area contributed by atoms with Crippen molar-refractivity contribution in [1.29, 1.82) is 5.41 Å². The molecule has 0 unspecified atom stereocenters. The molecule has 30 heavy (non-hydrogen) atoms. The standard InChI is InChI=1S/C22H26ClN5OSi/c1-15-20(17-4-3-5-18(23)10-17)28-14-25-11-19(28)21(26-15)27-8-6-22(7-9-27)12-29-16(2)30(22)13-24/h3-5,10-11,13-14,16,24,30H,6-9,12H2,1-2H3/t16-,30-/m1/s1. The van der Waals surface area contributed by atoms with Crippen LogP contribution >= 0.6 is 11.6 Å². The van der Waals surface area contributed by atoms with E-state index in [0.29, 0.717) is 5.02 Å². The number of nitrogens with zero attached hydrogens (tertiary/aromatic N) is 4. The molecule has 5 rings (SSSR count). The predicted octanol–water partition coefficient (Wildman–Crippen LogP) is 4.07. The number of benzene rings is 1. The van der Waals surface area contributed by atoms with Crippen LogP contribution in [-0.2, 0) is 4.74 Å². The van der Waals surface area contributed by atoms with Crippen molar-refractivity contribution in [2.45, 2.75) is 37.5 Å². The number of aromatic nitrogens is 3. The van der Waals surface area contributed by atoms with E-state index in [1.54, 1.807) is 5.84 Å². The summed E-state index contributed by atoms with van der Waals surface area (Å²) in [5, 5.41) is 8.89. The fourth-order valence-electron chi connectivity index (χ4n) is 5.25. The summed E-state index contributed by atoms with van der Waals surface area (Å²) in [6.45, 7) is 6.90. The fourth-order valence-corrected chi connectivity index (χ4v) is 8.58. The van der Waals surface area contributed by atoms with Crippen molar-refractivity contribution in [1.82, 2.24) is 14.4 Å². The zero-order valence-electron chi connectivity index (χ0n) is 17.3. The van der Waals surface area contributed by atoms with Crippen molar-refractivity contribution in [3.63, 3.8) is 0 Å². The van der Waals surface area contributed by atoms with Crippen molar-refractivity contribution in [2.24, 2.45) is 0 Å². The monoisotopic (exact) mass is 439 g/mol. The zero-order chi connectivity index (χ0) is 20.9. The Kier molecular flexibility index (Phi) is 4.92. The molecule has 0 amide bonds. The lowest BCUT2D eigenvalue weighted by Crippen LogP contribution is -2.46. The van der Waals surface area contributed by atoms with Crippen LogP contribution in [-0.4, -0.2) is 54.4 Å². The van der Waals surface area contributed by atoms with Crippen LogP contribution < -0.4 is 4.90 Å². The number of ether oxygens (including phenoxy) is 1. The molecule has 0 saturated carbocycles. The summed E-state index contributed by atoms with van der Waals surface area (Å²) in [4.78, 5) is 11.8. The molecule has 0 radical (unpaired) electrons. The molecule has 8 heteroatoms. The van der Waals surface area contributed by atoms with Gasteiger partial charge in [-0.1, -0.05) is 23.7 Å². The summed E-state index contributed by atoms with van der Waals surface area (Å²) in [6, 6.07) is 7.88. The normalized spacial score (nSPS) is 23.4. The summed E-state index contributed by atoms with van der Waals surface area (Å²) in [5.41, 5.74) is 4.31. The number of fused-ring (bicyclic) bond motifs is 1. The highest BCUT2D eigenvalue weighted by Crippen LogP contribution is 2.48. The smallest absolute Gasteiger partial charge is 0.154 e. The second kappa shape index (κ2) is 7.48. The number of imidazole rings is 1. The minimum absolute atomic E-state index is 0.226. The lowest BCUT2D eigenvalue weighted by Gasteiger charge is -2.41. The maximum absolute atomic E-state index is 7.95. The van der Waals surface area contributed by atoms with Gasteiger partial charge in [-0.2, -0.15) is 0 Å². The summed E-state index contributed by atoms with van der Waals surface area (Å²) in [5.74, 6) is 2.73. The van der Waals surface area contributed by atoms with E-state index in [4.69, 9.17) is 26.7 Å². The Bertz CT molecular complexity index is 1110. The first-order valence-electron chi connectivity index (χ1n) is 10.5. The van der Waals surface area contributed by atoms with E-state index >= 15 is 0 Å². The van der Waals surface area contributed by atoms with Gasteiger partial charge in [-0.3, -0.25) is 4.40 Å². The van der Waals surface area contributed by atoms with Gasteiger partial charge < -0.3 is 15.0 Å². The van der Waals surface area contributed by atoms with Crippen LogP contribution in [0.5, 0.6) is 0 Å². The molecule has 2 atom stereocenters. The van der Waals surface area contributed by atoms with Crippen molar-refractivity contribution in [3.8, 4) is 11.3 Å². The molecule has 2 aromatic heterocycles. The van der Waals surface area contributed by atoms with E-state index in [-0.39, 0.29) is 10.8 Å². The molecule has 2 aliphatic heterocycles. The molecule has 2 aliphatic rings. The largest absolute Gasteiger partial charge is 0.381 e. The first-order valence-corrected chi connectivity index (χ1v) is 12.8. The maximum atomic E-state index is 7.95. The highest BCUT2D eigenvalue weighted by atomic mass is 35.5. The molecular formula is C22H26ClN5OSi. The molecule has 1 aromatic carbocycles. The molecule has 3 aromatic rings. The predicted molar refractivity (Wildman–Crippen MR) is 124 cm³/mol. The van der Waals surface area contributed by atoms with E-state index in [1.165, 1.54) is 0 Å². The summed E-state index contributed by atoms with van der Waals surface area (Å²) in [6.07, 6.45) is 5.90. The van der Waals surface area contributed by atoms with Gasteiger partial charge in [0.05, 0.1) is 30.5 Å². The molecule has 156 valence electrons. The summed E-state index contributed by atoms with van der Waals surface area (Å²) in [7, 11) is -1.35. The van der Waals surface area contributed by atoms with Gasteiger partial charge in [0.2, 0.25) is 0 Å². The van der Waals surface area contributed by atoms with Gasteiger partial charge in [0.15, 0.2) is 5.82 Å². The van der Waals surface area contributed by atoms with E-state index in [9.17, 15) is 0 Å². The maximum Gasteiger partial charge on any atom is 0.154 e. The van der Waals surface area contributed by atoms with E-state index in [1.807, 2.05) is 30.7 Å². The number of nitrogens with one attached hydrogen (secondary N) is 1. The van der Waals surface area contributed by atoms with Crippen molar-refractivity contribution >= 4 is 37.6 Å². The molecule has 1 spiro atoms. The van der Waals surface area contributed by atoms with Gasteiger partial charge in [-0.25, -0.2) is 9.97 Å². The third-order valence-electron chi connectivity index (χ3n) is 6.91. The van der Waals surface area contributed by atoms with Crippen molar-refractivity contribution in [2.75, 3.05) is 24.6 Å². The lowest BCUT2D eigenvalue weighted by molar-refractivity contribution is 0.118. The van der Waals surface area contributed by atoms with Crippen molar-refractivity contribution < 1.29 is 4.74 Å². The van der Waals surface area contributed by atoms with Gasteiger partial charge >= 0.3 is 0 Å².